The summed E-state index contributed by atoms with van der Waals surface area (Å²) in [5.74, 6) is 1.56. The summed E-state index contributed by atoms with van der Waals surface area (Å²) < 4.78 is 5.41. The number of hydrogen-bond donors (Lipinski definition) is 2. The molecule has 2 atom stereocenters. The van der Waals surface area contributed by atoms with Gasteiger partial charge in [0.1, 0.15) is 0 Å². The van der Waals surface area contributed by atoms with Crippen molar-refractivity contribution < 1.29 is 9.21 Å². The molecule has 1 aromatic heterocycles. The highest BCUT2D eigenvalue weighted by Gasteiger charge is 2.30. The molecule has 0 spiro atoms. The molecule has 98 valence electrons. The summed E-state index contributed by atoms with van der Waals surface area (Å²) in [5.41, 5.74) is 0. The lowest BCUT2D eigenvalue weighted by Crippen LogP contribution is -2.45. The van der Waals surface area contributed by atoms with Crippen molar-refractivity contribution in [2.45, 2.75) is 44.6 Å². The Kier molecular flexibility index (Phi) is 3.03. The molecule has 2 aliphatic rings. The molecule has 0 bridgehead atoms. The quantitative estimate of drug-likeness (QED) is 0.844. The van der Waals surface area contributed by atoms with Gasteiger partial charge in [-0.25, -0.2) is 0 Å². The van der Waals surface area contributed by atoms with Crippen LogP contribution >= 0.6 is 0 Å². The van der Waals surface area contributed by atoms with E-state index in [4.69, 9.17) is 4.42 Å². The smallest absolute Gasteiger partial charge is 0.322 e. The van der Waals surface area contributed by atoms with E-state index in [-0.39, 0.29) is 18.0 Å². The molecule has 2 N–H and O–H groups in total. The third-order valence-corrected chi connectivity index (χ3v) is 3.58. The molecule has 2 fully saturated rings. The first-order valence-corrected chi connectivity index (χ1v) is 6.60. The van der Waals surface area contributed by atoms with E-state index >= 15 is 0 Å². The summed E-state index contributed by atoms with van der Waals surface area (Å²) in [6, 6.07) is 0.0759. The standard InChI is InChI=1S/C12H18N4O2/c1-7-4-5-13-9(6-7)10(17)14-12-16-15-11(18-12)8-2-3-8/h7-9,13H,2-6H2,1H3,(H,14,16,17). The zero-order valence-electron chi connectivity index (χ0n) is 10.5. The predicted octanol–water partition coefficient (Wildman–Crippen LogP) is 1.27. The van der Waals surface area contributed by atoms with Gasteiger partial charge < -0.3 is 9.73 Å². The number of anilines is 1. The van der Waals surface area contributed by atoms with Crippen LogP contribution in [0, 0.1) is 5.92 Å². The second kappa shape index (κ2) is 4.68. The molecule has 1 aliphatic heterocycles. The van der Waals surface area contributed by atoms with Gasteiger partial charge in [-0.1, -0.05) is 12.0 Å². The molecular formula is C12H18N4O2. The van der Waals surface area contributed by atoms with Crippen molar-refractivity contribution in [2.24, 2.45) is 5.92 Å². The SMILES string of the molecule is CC1CCNC(C(=O)Nc2nnc(C3CC3)o2)C1. The van der Waals surface area contributed by atoms with Crippen LogP contribution in [0.2, 0.25) is 0 Å². The summed E-state index contributed by atoms with van der Waals surface area (Å²) >= 11 is 0. The van der Waals surface area contributed by atoms with Crippen LogP contribution in [0.25, 0.3) is 0 Å². The summed E-state index contributed by atoms with van der Waals surface area (Å²) in [4.78, 5) is 12.0. The maximum atomic E-state index is 12.0. The van der Waals surface area contributed by atoms with Gasteiger partial charge in [-0.15, -0.1) is 5.10 Å². The fourth-order valence-electron chi connectivity index (χ4n) is 2.28. The van der Waals surface area contributed by atoms with Crippen molar-refractivity contribution in [3.63, 3.8) is 0 Å². The fourth-order valence-corrected chi connectivity index (χ4v) is 2.28. The Labute approximate surface area is 106 Å². The highest BCUT2D eigenvalue weighted by molar-refractivity contribution is 5.93. The normalized spacial score (nSPS) is 28.1. The molecule has 2 unspecified atom stereocenters. The molecule has 1 aliphatic carbocycles. The van der Waals surface area contributed by atoms with Crippen LogP contribution in [0.4, 0.5) is 6.01 Å². The lowest BCUT2D eigenvalue weighted by atomic mass is 9.94. The van der Waals surface area contributed by atoms with Gasteiger partial charge in [0.25, 0.3) is 0 Å². The zero-order chi connectivity index (χ0) is 12.5. The molecule has 1 amide bonds. The van der Waals surface area contributed by atoms with Crippen LogP contribution in [0.5, 0.6) is 0 Å². The third kappa shape index (κ3) is 2.53. The van der Waals surface area contributed by atoms with Crippen molar-refractivity contribution in [3.05, 3.63) is 5.89 Å². The Morgan fingerprint density at radius 2 is 2.22 bits per heavy atom. The van der Waals surface area contributed by atoms with Gasteiger partial charge in [0.15, 0.2) is 0 Å². The van der Waals surface area contributed by atoms with E-state index < -0.39 is 0 Å². The Morgan fingerprint density at radius 3 is 2.94 bits per heavy atom. The molecule has 0 radical (unpaired) electrons. The molecule has 2 heterocycles. The average molecular weight is 250 g/mol. The van der Waals surface area contributed by atoms with Crippen molar-refractivity contribution in [3.8, 4) is 0 Å². The summed E-state index contributed by atoms with van der Waals surface area (Å²) in [5, 5.41) is 13.7. The highest BCUT2D eigenvalue weighted by Crippen LogP contribution is 2.39. The number of carbonyl (C=O) groups excluding carboxylic acids is 1. The number of amides is 1. The molecule has 1 saturated carbocycles. The molecule has 1 aromatic rings. The first kappa shape index (κ1) is 11.6. The van der Waals surface area contributed by atoms with Crippen molar-refractivity contribution in [1.29, 1.82) is 0 Å². The van der Waals surface area contributed by atoms with E-state index in [0.717, 1.165) is 32.2 Å². The van der Waals surface area contributed by atoms with Gasteiger partial charge in [0.2, 0.25) is 11.8 Å². The Morgan fingerprint density at radius 1 is 1.39 bits per heavy atom. The molecule has 6 nitrogen and oxygen atoms in total. The van der Waals surface area contributed by atoms with E-state index in [1.165, 1.54) is 0 Å². The predicted molar refractivity (Wildman–Crippen MR) is 65.1 cm³/mol. The van der Waals surface area contributed by atoms with Gasteiger partial charge in [-0.3, -0.25) is 10.1 Å². The molecule has 0 aromatic carbocycles. The van der Waals surface area contributed by atoms with E-state index in [0.29, 0.717) is 17.7 Å². The maximum Gasteiger partial charge on any atom is 0.322 e. The Bertz CT molecular complexity index is 441. The van der Waals surface area contributed by atoms with E-state index in [2.05, 4.69) is 27.8 Å². The lowest BCUT2D eigenvalue weighted by molar-refractivity contribution is -0.119. The minimum atomic E-state index is -0.148. The minimum Gasteiger partial charge on any atom is -0.408 e. The van der Waals surface area contributed by atoms with Crippen LogP contribution in [0.15, 0.2) is 4.42 Å². The number of carbonyl (C=O) groups is 1. The van der Waals surface area contributed by atoms with Crippen LogP contribution in [-0.4, -0.2) is 28.7 Å². The second-order valence-corrected chi connectivity index (χ2v) is 5.35. The number of hydrogen-bond acceptors (Lipinski definition) is 5. The number of piperidine rings is 1. The summed E-state index contributed by atoms with van der Waals surface area (Å²) in [7, 11) is 0. The minimum absolute atomic E-state index is 0.0763. The zero-order valence-corrected chi connectivity index (χ0v) is 10.5. The van der Waals surface area contributed by atoms with Gasteiger partial charge in [-0.2, -0.15) is 0 Å². The van der Waals surface area contributed by atoms with Crippen LogP contribution in [0.3, 0.4) is 0 Å². The molecule has 18 heavy (non-hydrogen) atoms. The number of aromatic nitrogens is 2. The van der Waals surface area contributed by atoms with Gasteiger partial charge in [-0.05, 0) is 38.1 Å². The molecule has 3 rings (SSSR count). The van der Waals surface area contributed by atoms with Crippen LogP contribution in [0.1, 0.15) is 44.4 Å². The van der Waals surface area contributed by atoms with Gasteiger partial charge in [0.05, 0.1) is 6.04 Å². The third-order valence-electron chi connectivity index (χ3n) is 3.58. The van der Waals surface area contributed by atoms with E-state index in [1.54, 1.807) is 0 Å². The monoisotopic (exact) mass is 250 g/mol. The number of nitrogens with zero attached hydrogens (tertiary/aromatic N) is 2. The van der Waals surface area contributed by atoms with Crippen molar-refractivity contribution in [1.82, 2.24) is 15.5 Å². The van der Waals surface area contributed by atoms with E-state index in [9.17, 15) is 4.79 Å². The Balaban J connectivity index is 1.58. The van der Waals surface area contributed by atoms with Crippen molar-refractivity contribution in [2.75, 3.05) is 11.9 Å². The van der Waals surface area contributed by atoms with Crippen LogP contribution in [-0.2, 0) is 4.79 Å². The fraction of sp³-hybridized carbons (Fsp3) is 0.750. The molecular weight excluding hydrogens is 232 g/mol. The summed E-state index contributed by atoms with van der Waals surface area (Å²) in [6.07, 6.45) is 4.19. The maximum absolute atomic E-state index is 12.0. The largest absolute Gasteiger partial charge is 0.408 e. The first-order valence-electron chi connectivity index (χ1n) is 6.60. The topological polar surface area (TPSA) is 80.0 Å². The molecule has 6 heteroatoms. The molecule has 1 saturated heterocycles. The first-order chi connectivity index (χ1) is 8.72. The van der Waals surface area contributed by atoms with E-state index in [1.807, 2.05) is 0 Å². The highest BCUT2D eigenvalue weighted by atomic mass is 16.4. The van der Waals surface area contributed by atoms with Gasteiger partial charge in [0, 0.05) is 5.92 Å². The average Bonchev–Trinajstić information content (AvgIpc) is 3.11. The van der Waals surface area contributed by atoms with Gasteiger partial charge >= 0.3 is 6.01 Å². The van der Waals surface area contributed by atoms with Crippen molar-refractivity contribution >= 4 is 11.9 Å². The number of rotatable bonds is 3. The van der Waals surface area contributed by atoms with Crippen LogP contribution < -0.4 is 10.6 Å². The second-order valence-electron chi connectivity index (χ2n) is 5.35. The number of nitrogens with one attached hydrogen (secondary N) is 2. The lowest BCUT2D eigenvalue weighted by Gasteiger charge is -2.26. The Hall–Kier alpha value is -1.43. The summed E-state index contributed by atoms with van der Waals surface area (Å²) in [6.45, 7) is 3.05.